The van der Waals surface area contributed by atoms with Gasteiger partial charge in [0, 0.05) is 31.4 Å². The number of halogens is 3. The average molecular weight is 485 g/mol. The molecule has 1 aromatic rings. The summed E-state index contributed by atoms with van der Waals surface area (Å²) in [5.41, 5.74) is 0.0875. The predicted molar refractivity (Wildman–Crippen MR) is 115 cm³/mol. The number of alkyl halides is 3. The summed E-state index contributed by atoms with van der Waals surface area (Å²) in [4.78, 5) is 39.2. The van der Waals surface area contributed by atoms with E-state index in [1.807, 2.05) is 0 Å². The molecule has 2 saturated heterocycles. The Morgan fingerprint density at radius 3 is 2.59 bits per heavy atom. The van der Waals surface area contributed by atoms with Crippen molar-refractivity contribution >= 4 is 17.5 Å². The third kappa shape index (κ3) is 7.52. The van der Waals surface area contributed by atoms with Gasteiger partial charge in [0.2, 0.25) is 11.8 Å². The fraction of sp³-hybridized carbons (Fsp3) is 0.524. The smallest absolute Gasteiger partial charge is 0.406 e. The van der Waals surface area contributed by atoms with Crippen LogP contribution in [0.1, 0.15) is 32.1 Å². The minimum Gasteiger partial charge on any atom is -0.406 e. The van der Waals surface area contributed by atoms with Crippen LogP contribution >= 0.6 is 0 Å². The number of carbonyl (C=O) groups excluding carboxylic acids is 2. The van der Waals surface area contributed by atoms with Gasteiger partial charge in [0.05, 0.1) is 11.5 Å². The number of benzene rings is 1. The van der Waals surface area contributed by atoms with E-state index in [0.29, 0.717) is 45.1 Å². The molecule has 1 unspecified atom stereocenters. The Balaban J connectivity index is 1.71. The van der Waals surface area contributed by atoms with Crippen LogP contribution in [0.3, 0.4) is 0 Å². The summed E-state index contributed by atoms with van der Waals surface area (Å²) in [5.74, 6) is -1.18. The van der Waals surface area contributed by atoms with Crippen molar-refractivity contribution in [1.29, 1.82) is 0 Å². The fourth-order valence-electron chi connectivity index (χ4n) is 3.95. The number of likely N-dealkylation sites (tertiary alicyclic amines) is 2. The van der Waals surface area contributed by atoms with Gasteiger partial charge in [0.15, 0.2) is 5.82 Å². The van der Waals surface area contributed by atoms with Crippen molar-refractivity contribution in [2.45, 2.75) is 44.5 Å². The monoisotopic (exact) mass is 485 g/mol. The molecule has 3 rings (SSSR count). The molecule has 2 aliphatic rings. The molecular formula is C21H26F3N5O5. The molecule has 2 heterocycles. The Morgan fingerprint density at radius 1 is 1.21 bits per heavy atom. The van der Waals surface area contributed by atoms with Crippen LogP contribution in [0, 0.1) is 10.1 Å². The van der Waals surface area contributed by atoms with Gasteiger partial charge in [-0.1, -0.05) is 6.07 Å². The van der Waals surface area contributed by atoms with E-state index in [-0.39, 0.29) is 29.9 Å². The minimum atomic E-state index is -4.89. The molecule has 1 aromatic carbocycles. The van der Waals surface area contributed by atoms with Gasteiger partial charge in [-0.15, -0.1) is 13.2 Å². The number of ether oxygens (including phenoxy) is 1. The number of amides is 2. The zero-order valence-corrected chi connectivity index (χ0v) is 18.3. The van der Waals surface area contributed by atoms with Gasteiger partial charge in [0.1, 0.15) is 11.8 Å². The number of nitrogens with zero attached hydrogens (tertiary/aromatic N) is 3. The van der Waals surface area contributed by atoms with Gasteiger partial charge in [-0.3, -0.25) is 19.7 Å². The molecular weight excluding hydrogens is 459 g/mol. The van der Waals surface area contributed by atoms with E-state index in [2.05, 4.69) is 15.4 Å². The Morgan fingerprint density at radius 2 is 1.91 bits per heavy atom. The zero-order valence-electron chi connectivity index (χ0n) is 18.3. The summed E-state index contributed by atoms with van der Waals surface area (Å²) in [5, 5.41) is 16.6. The molecule has 13 heteroatoms. The molecule has 0 saturated carbocycles. The number of nitrogens with one attached hydrogen (secondary N) is 2. The molecule has 34 heavy (non-hydrogen) atoms. The summed E-state index contributed by atoms with van der Waals surface area (Å²) in [7, 11) is 0. The van der Waals surface area contributed by atoms with Crippen LogP contribution in [0.2, 0.25) is 0 Å². The highest BCUT2D eigenvalue weighted by molar-refractivity contribution is 5.88. The average Bonchev–Trinajstić information content (AvgIpc) is 3.22. The largest absolute Gasteiger partial charge is 0.573 e. The van der Waals surface area contributed by atoms with Gasteiger partial charge in [-0.2, -0.15) is 0 Å². The Kier molecular flexibility index (Phi) is 8.18. The molecule has 0 radical (unpaired) electrons. The lowest BCUT2D eigenvalue weighted by molar-refractivity contribution is -0.403. The number of anilines is 1. The van der Waals surface area contributed by atoms with Crippen molar-refractivity contribution in [2.24, 2.45) is 0 Å². The predicted octanol–water partition coefficient (Wildman–Crippen LogP) is 2.67. The summed E-state index contributed by atoms with van der Waals surface area (Å²) < 4.78 is 41.4. The van der Waals surface area contributed by atoms with Crippen LogP contribution in [0.4, 0.5) is 18.9 Å². The molecule has 10 nitrogen and oxygen atoms in total. The van der Waals surface area contributed by atoms with E-state index in [1.165, 1.54) is 17.0 Å². The first-order valence-electron chi connectivity index (χ1n) is 10.9. The molecule has 186 valence electrons. The third-order valence-corrected chi connectivity index (χ3v) is 5.48. The maximum atomic E-state index is 13.1. The number of hydrogen-bond acceptors (Lipinski definition) is 7. The minimum absolute atomic E-state index is 0.0600. The standard InChI is InChI=1S/C21H26F3N5O5/c22-21(23,24)34-16-7-5-6-15(12-16)25-18(13-29(32)33)26-17-8-1-2-11-28(20(17)31)14-19(30)27-9-3-4-10-27/h5-7,12-13,17,25-26H,1-4,8-11,14H2. The summed E-state index contributed by atoms with van der Waals surface area (Å²) in [6, 6.07) is 3.96. The van der Waals surface area contributed by atoms with E-state index < -0.39 is 23.1 Å². The summed E-state index contributed by atoms with van der Waals surface area (Å²) in [6.45, 7) is 1.67. The number of hydrogen-bond donors (Lipinski definition) is 2. The van der Waals surface area contributed by atoms with Crippen molar-refractivity contribution in [3.8, 4) is 5.75 Å². The van der Waals surface area contributed by atoms with Crippen molar-refractivity contribution < 1.29 is 32.4 Å². The van der Waals surface area contributed by atoms with Crippen molar-refractivity contribution in [3.05, 3.63) is 46.4 Å². The van der Waals surface area contributed by atoms with Gasteiger partial charge < -0.3 is 25.2 Å². The van der Waals surface area contributed by atoms with E-state index >= 15 is 0 Å². The lowest BCUT2D eigenvalue weighted by atomic mass is 10.1. The van der Waals surface area contributed by atoms with Gasteiger partial charge in [0.25, 0.3) is 6.20 Å². The number of nitro groups is 1. The second kappa shape index (κ2) is 11.1. The van der Waals surface area contributed by atoms with Gasteiger partial charge >= 0.3 is 6.36 Å². The molecule has 2 aliphatic heterocycles. The van der Waals surface area contributed by atoms with Crippen LogP contribution < -0.4 is 15.4 Å². The second-order valence-electron chi connectivity index (χ2n) is 8.07. The first-order valence-corrected chi connectivity index (χ1v) is 10.9. The SMILES string of the molecule is O=C(CN1CCCCC(NC(=C[N+](=O)[O-])Nc2cccc(OC(F)(F)F)c2)C1=O)N1CCCC1. The quantitative estimate of drug-likeness (QED) is 0.430. The summed E-state index contributed by atoms with van der Waals surface area (Å²) in [6.07, 6.45) is -0.733. The second-order valence-corrected chi connectivity index (χ2v) is 8.07. The Labute approximate surface area is 193 Å². The Hall–Kier alpha value is -3.51. The highest BCUT2D eigenvalue weighted by atomic mass is 19.4. The normalized spacial score (nSPS) is 19.6. The highest BCUT2D eigenvalue weighted by Gasteiger charge is 2.32. The van der Waals surface area contributed by atoms with E-state index in [1.54, 1.807) is 4.90 Å². The molecule has 1 atom stereocenters. The topological polar surface area (TPSA) is 117 Å². The number of rotatable bonds is 8. The van der Waals surface area contributed by atoms with Gasteiger partial charge in [-0.05, 0) is 44.2 Å². The molecule has 0 aliphatic carbocycles. The lowest BCUT2D eigenvalue weighted by Gasteiger charge is -2.27. The molecule has 0 spiro atoms. The van der Waals surface area contributed by atoms with Gasteiger partial charge in [-0.25, -0.2) is 0 Å². The molecule has 0 bridgehead atoms. The fourth-order valence-corrected chi connectivity index (χ4v) is 3.95. The van der Waals surface area contributed by atoms with Crippen LogP contribution in [-0.2, 0) is 9.59 Å². The first kappa shape index (κ1) is 25.1. The highest BCUT2D eigenvalue weighted by Crippen LogP contribution is 2.25. The Bertz CT molecular complexity index is 934. The maximum absolute atomic E-state index is 13.1. The van der Waals surface area contributed by atoms with E-state index in [4.69, 9.17) is 0 Å². The molecule has 2 amide bonds. The van der Waals surface area contributed by atoms with Crippen LogP contribution in [-0.4, -0.2) is 65.1 Å². The maximum Gasteiger partial charge on any atom is 0.573 e. The van der Waals surface area contributed by atoms with Crippen LogP contribution in [0.5, 0.6) is 5.75 Å². The number of carbonyl (C=O) groups is 2. The van der Waals surface area contributed by atoms with Crippen molar-refractivity contribution in [2.75, 3.05) is 31.5 Å². The van der Waals surface area contributed by atoms with E-state index in [9.17, 15) is 32.9 Å². The first-order chi connectivity index (χ1) is 16.1. The van der Waals surface area contributed by atoms with Crippen LogP contribution in [0.25, 0.3) is 0 Å². The van der Waals surface area contributed by atoms with Crippen molar-refractivity contribution in [1.82, 2.24) is 15.1 Å². The molecule has 0 aromatic heterocycles. The summed E-state index contributed by atoms with van der Waals surface area (Å²) >= 11 is 0. The molecule has 2 N–H and O–H groups in total. The molecule has 2 fully saturated rings. The van der Waals surface area contributed by atoms with E-state index in [0.717, 1.165) is 25.0 Å². The lowest BCUT2D eigenvalue weighted by Crippen LogP contribution is -2.49. The van der Waals surface area contributed by atoms with Crippen LogP contribution in [0.15, 0.2) is 36.3 Å². The third-order valence-electron chi connectivity index (χ3n) is 5.48. The zero-order chi connectivity index (χ0) is 24.7. The van der Waals surface area contributed by atoms with Crippen molar-refractivity contribution in [3.63, 3.8) is 0 Å².